The summed E-state index contributed by atoms with van der Waals surface area (Å²) in [7, 11) is -4.24. The van der Waals surface area contributed by atoms with Crippen LogP contribution in [0.5, 0.6) is 17.2 Å². The van der Waals surface area contributed by atoms with Crippen molar-refractivity contribution in [3.8, 4) is 17.2 Å². The van der Waals surface area contributed by atoms with Crippen LogP contribution in [-0.4, -0.2) is 0 Å². The Morgan fingerprint density at radius 2 is 0.604 bits per heavy atom. The van der Waals surface area contributed by atoms with Crippen molar-refractivity contribution in [3.05, 3.63) is 88.0 Å². The summed E-state index contributed by atoms with van der Waals surface area (Å²) < 4.78 is 35.9. The van der Waals surface area contributed by atoms with Crippen molar-refractivity contribution in [1.82, 2.24) is 0 Å². The second-order valence-corrected chi connectivity index (χ2v) is 16.6. The molecule has 5 heteroatoms. The van der Waals surface area contributed by atoms with Gasteiger partial charge in [0.25, 0.3) is 0 Å². The number of unbranched alkanes of at least 4 members (excludes halogenated alkanes) is 12. The normalized spacial score (nSPS) is 11.6. The van der Waals surface area contributed by atoms with Crippen LogP contribution in [0, 0.1) is 0 Å². The predicted molar refractivity (Wildman–Crippen MR) is 228 cm³/mol. The summed E-state index contributed by atoms with van der Waals surface area (Å²) >= 11 is 0. The Kier molecular flexibility index (Phi) is 22.1. The second kappa shape index (κ2) is 26.2. The van der Waals surface area contributed by atoms with E-state index in [1.54, 1.807) is 0 Å². The number of phosphoric ester groups is 1. The topological polar surface area (TPSA) is 44.8 Å². The van der Waals surface area contributed by atoms with Gasteiger partial charge < -0.3 is 13.6 Å². The van der Waals surface area contributed by atoms with Gasteiger partial charge in [0.2, 0.25) is 0 Å². The summed E-state index contributed by atoms with van der Waals surface area (Å²) in [5.74, 6) is 1.91. The first-order valence-electron chi connectivity index (χ1n) is 21.9. The van der Waals surface area contributed by atoms with Crippen LogP contribution in [0.2, 0.25) is 0 Å². The van der Waals surface area contributed by atoms with Gasteiger partial charge in [-0.05, 0) is 129 Å². The molecule has 3 rings (SSSR count). The number of hydrogen-bond donors (Lipinski definition) is 0. The van der Waals surface area contributed by atoms with E-state index in [4.69, 9.17) is 13.6 Å². The van der Waals surface area contributed by atoms with Gasteiger partial charge in [0, 0.05) is 0 Å². The molecule has 0 aromatic heterocycles. The maximum Gasteiger partial charge on any atom is 0.647 e. The van der Waals surface area contributed by atoms with Crippen molar-refractivity contribution >= 4 is 7.82 Å². The monoisotopic (exact) mass is 747 g/mol. The molecule has 0 atom stereocenters. The largest absolute Gasteiger partial charge is 0.647 e. The van der Waals surface area contributed by atoms with E-state index < -0.39 is 7.82 Å². The number of aryl methyl sites for hydroxylation is 3. The number of phosphoric acid groups is 1. The van der Waals surface area contributed by atoms with Gasteiger partial charge in [0.15, 0.2) is 0 Å². The molecular formula is C48H75O4P. The molecule has 0 heterocycles. The molecule has 0 saturated carbocycles. The summed E-state index contributed by atoms with van der Waals surface area (Å²) in [4.78, 5) is 0. The van der Waals surface area contributed by atoms with Crippen molar-refractivity contribution in [2.75, 3.05) is 0 Å². The smallest absolute Gasteiger partial charge is 0.386 e. The fraction of sp³-hybridized carbons (Fsp3) is 0.625. The minimum absolute atomic E-state index is 0.636. The van der Waals surface area contributed by atoms with Crippen molar-refractivity contribution in [1.29, 1.82) is 0 Å². The van der Waals surface area contributed by atoms with Gasteiger partial charge in [0.05, 0.1) is 0 Å². The zero-order chi connectivity index (χ0) is 38.2. The molecule has 53 heavy (non-hydrogen) atoms. The highest BCUT2D eigenvalue weighted by molar-refractivity contribution is 7.49. The number of hydrogen-bond acceptors (Lipinski definition) is 4. The summed E-state index contributed by atoms with van der Waals surface area (Å²) in [6.07, 6.45) is 26.1. The average Bonchev–Trinajstić information content (AvgIpc) is 3.15. The van der Waals surface area contributed by atoms with Crippen molar-refractivity contribution in [3.63, 3.8) is 0 Å². The first kappa shape index (κ1) is 44.7. The van der Waals surface area contributed by atoms with E-state index in [9.17, 15) is 0 Å². The Hall–Kier alpha value is -2.71. The average molecular weight is 747 g/mol. The zero-order valence-electron chi connectivity index (χ0n) is 34.7. The SMILES string of the molecule is CCCCCc1cccc(OP(=O)(Oc2cccc(CCCCC)c2CCCCC)Oc2cccc(CCCCC)c2CCCCC)c1CCCCC. The predicted octanol–water partition coefficient (Wildman–Crippen LogP) is 15.7. The third kappa shape index (κ3) is 15.5. The van der Waals surface area contributed by atoms with E-state index >= 15 is 4.57 Å². The lowest BCUT2D eigenvalue weighted by molar-refractivity contribution is 0.294. The third-order valence-corrected chi connectivity index (χ3v) is 11.8. The van der Waals surface area contributed by atoms with Gasteiger partial charge >= 0.3 is 7.82 Å². The third-order valence-electron chi connectivity index (χ3n) is 10.6. The van der Waals surface area contributed by atoms with E-state index in [2.05, 4.69) is 77.9 Å². The lowest BCUT2D eigenvalue weighted by Crippen LogP contribution is -2.12. The van der Waals surface area contributed by atoms with Crippen LogP contribution in [0.15, 0.2) is 54.6 Å². The highest BCUT2D eigenvalue weighted by Gasteiger charge is 2.36. The minimum Gasteiger partial charge on any atom is -0.386 e. The van der Waals surface area contributed by atoms with Gasteiger partial charge in [-0.1, -0.05) is 155 Å². The molecule has 0 aliphatic heterocycles. The molecule has 3 aromatic rings. The Balaban J connectivity index is 2.17. The van der Waals surface area contributed by atoms with E-state index in [-0.39, 0.29) is 0 Å². The molecule has 0 amide bonds. The molecule has 0 aliphatic rings. The molecule has 296 valence electrons. The number of rotatable bonds is 30. The molecule has 0 unspecified atom stereocenters. The molecule has 0 fully saturated rings. The van der Waals surface area contributed by atoms with Crippen LogP contribution in [0.1, 0.15) is 190 Å². The molecule has 0 bridgehead atoms. The quantitative estimate of drug-likeness (QED) is 0.0503. The fourth-order valence-corrected chi connectivity index (χ4v) is 8.76. The van der Waals surface area contributed by atoms with Crippen LogP contribution in [0.3, 0.4) is 0 Å². The minimum atomic E-state index is -4.24. The molecule has 0 spiro atoms. The molecular weight excluding hydrogens is 671 g/mol. The van der Waals surface area contributed by atoms with Crippen LogP contribution < -0.4 is 13.6 Å². The molecule has 0 saturated heterocycles. The Labute approximate surface area is 325 Å². The van der Waals surface area contributed by atoms with Gasteiger partial charge in [-0.25, -0.2) is 0 Å². The Bertz CT molecular complexity index is 1310. The zero-order valence-corrected chi connectivity index (χ0v) is 35.6. The maximum absolute atomic E-state index is 15.6. The van der Waals surface area contributed by atoms with Gasteiger partial charge in [-0.15, -0.1) is 0 Å². The molecule has 3 aromatic carbocycles. The highest BCUT2D eigenvalue weighted by atomic mass is 31.2. The lowest BCUT2D eigenvalue weighted by atomic mass is 9.96. The standard InChI is InChI=1S/C48H75O4P/c1-7-13-19-28-40-31-25-37-46(43(40)34-22-16-10-4)50-53(49,51-47-38-26-32-41(29-20-14-8-2)44(47)35-23-17-11-5)52-48-39-27-33-42(30-21-15-9-3)45(48)36-24-18-12-6/h25-27,31-33,37-39H,7-24,28-30,34-36H2,1-6H3. The van der Waals surface area contributed by atoms with Gasteiger partial charge in [0.1, 0.15) is 17.2 Å². The van der Waals surface area contributed by atoms with E-state index in [1.807, 2.05) is 18.2 Å². The lowest BCUT2D eigenvalue weighted by Gasteiger charge is -2.25. The van der Waals surface area contributed by atoms with Crippen molar-refractivity contribution < 1.29 is 18.1 Å². The van der Waals surface area contributed by atoms with Crippen molar-refractivity contribution in [2.24, 2.45) is 0 Å². The van der Waals surface area contributed by atoms with E-state index in [1.165, 1.54) is 55.2 Å². The Morgan fingerprint density at radius 1 is 0.358 bits per heavy atom. The first-order chi connectivity index (χ1) is 25.9. The highest BCUT2D eigenvalue weighted by Crippen LogP contribution is 2.53. The fourth-order valence-electron chi connectivity index (χ4n) is 7.41. The molecule has 0 N–H and O–H groups in total. The van der Waals surface area contributed by atoms with Gasteiger partial charge in [-0.3, -0.25) is 0 Å². The van der Waals surface area contributed by atoms with E-state index in [0.717, 1.165) is 132 Å². The van der Waals surface area contributed by atoms with Crippen LogP contribution >= 0.6 is 7.82 Å². The van der Waals surface area contributed by atoms with Crippen LogP contribution in [-0.2, 0) is 43.1 Å². The molecule has 0 aliphatic carbocycles. The van der Waals surface area contributed by atoms with Crippen molar-refractivity contribution in [2.45, 2.75) is 196 Å². The summed E-state index contributed by atoms with van der Waals surface area (Å²) in [5.41, 5.74) is 7.31. The van der Waals surface area contributed by atoms with Crippen LogP contribution in [0.25, 0.3) is 0 Å². The Morgan fingerprint density at radius 3 is 0.849 bits per heavy atom. The first-order valence-corrected chi connectivity index (χ1v) is 23.4. The van der Waals surface area contributed by atoms with E-state index in [0.29, 0.717) is 17.2 Å². The molecule has 4 nitrogen and oxygen atoms in total. The van der Waals surface area contributed by atoms with Crippen LogP contribution in [0.4, 0.5) is 0 Å². The molecule has 0 radical (unpaired) electrons. The maximum atomic E-state index is 15.6. The summed E-state index contributed by atoms with van der Waals surface area (Å²) in [6, 6.07) is 18.8. The van der Waals surface area contributed by atoms with Gasteiger partial charge in [-0.2, -0.15) is 4.57 Å². The second-order valence-electron chi connectivity index (χ2n) is 15.1. The summed E-state index contributed by atoms with van der Waals surface area (Å²) in [5, 5.41) is 0. The number of benzene rings is 3. The summed E-state index contributed by atoms with van der Waals surface area (Å²) in [6.45, 7) is 13.5.